The average molecular weight is 458 g/mol. The van der Waals surface area contributed by atoms with Gasteiger partial charge in [0.05, 0.1) is 0 Å². The van der Waals surface area contributed by atoms with E-state index < -0.39 is 0 Å². The number of rotatable bonds is 6. The molecule has 8 unspecified atom stereocenters. The van der Waals surface area contributed by atoms with Crippen molar-refractivity contribution in [1.29, 1.82) is 0 Å². The SMILES string of the molecule is CC(C)CCCC(C)C1CCC2C3CC=C4CC(OC(=O)N(C)C)CCC4(C)C3CCC12C. The van der Waals surface area contributed by atoms with Gasteiger partial charge in [-0.05, 0) is 91.3 Å². The molecule has 0 heterocycles. The summed E-state index contributed by atoms with van der Waals surface area (Å²) in [6.07, 6.45) is 16.9. The fraction of sp³-hybridized carbons (Fsp3) is 0.900. The molecule has 188 valence electrons. The second kappa shape index (κ2) is 9.57. The Kier molecular flexibility index (Phi) is 7.29. The summed E-state index contributed by atoms with van der Waals surface area (Å²) in [5.74, 6) is 5.25. The van der Waals surface area contributed by atoms with Crippen molar-refractivity contribution in [3.63, 3.8) is 0 Å². The number of hydrogen-bond acceptors (Lipinski definition) is 2. The minimum absolute atomic E-state index is 0.0622. The van der Waals surface area contributed by atoms with Crippen LogP contribution in [-0.4, -0.2) is 31.2 Å². The van der Waals surface area contributed by atoms with Crippen LogP contribution in [-0.2, 0) is 4.74 Å². The van der Waals surface area contributed by atoms with Crippen LogP contribution in [0.25, 0.3) is 0 Å². The predicted octanol–water partition coefficient (Wildman–Crippen LogP) is 8.09. The van der Waals surface area contributed by atoms with Crippen LogP contribution >= 0.6 is 0 Å². The summed E-state index contributed by atoms with van der Waals surface area (Å²) >= 11 is 0. The largest absolute Gasteiger partial charge is 0.446 e. The Morgan fingerprint density at radius 2 is 1.82 bits per heavy atom. The number of hydrogen-bond donors (Lipinski definition) is 0. The third kappa shape index (κ3) is 4.64. The van der Waals surface area contributed by atoms with Gasteiger partial charge in [-0.25, -0.2) is 4.79 Å². The van der Waals surface area contributed by atoms with Gasteiger partial charge in [0.2, 0.25) is 0 Å². The first-order valence-electron chi connectivity index (χ1n) is 14.1. The normalized spacial score (nSPS) is 41.0. The molecule has 0 N–H and O–H groups in total. The maximum absolute atomic E-state index is 12.1. The first kappa shape index (κ1) is 25.1. The summed E-state index contributed by atoms with van der Waals surface area (Å²) in [4.78, 5) is 13.7. The Bertz CT molecular complexity index is 742. The van der Waals surface area contributed by atoms with E-state index in [1.54, 1.807) is 24.6 Å². The van der Waals surface area contributed by atoms with Crippen molar-refractivity contribution >= 4 is 6.09 Å². The van der Waals surface area contributed by atoms with Crippen LogP contribution < -0.4 is 0 Å². The van der Waals surface area contributed by atoms with Crippen molar-refractivity contribution in [2.24, 2.45) is 46.3 Å². The Morgan fingerprint density at radius 1 is 1.06 bits per heavy atom. The summed E-state index contributed by atoms with van der Waals surface area (Å²) in [6, 6.07) is 0. The van der Waals surface area contributed by atoms with E-state index in [2.05, 4.69) is 40.7 Å². The lowest BCUT2D eigenvalue weighted by molar-refractivity contribution is -0.0589. The van der Waals surface area contributed by atoms with Gasteiger partial charge in [-0.2, -0.15) is 0 Å². The van der Waals surface area contributed by atoms with Crippen LogP contribution in [0.5, 0.6) is 0 Å². The zero-order chi connectivity index (χ0) is 24.0. The summed E-state index contributed by atoms with van der Waals surface area (Å²) in [6.45, 7) is 12.5. The third-order valence-corrected chi connectivity index (χ3v) is 10.9. The molecule has 8 atom stereocenters. The fourth-order valence-corrected chi connectivity index (χ4v) is 9.00. The molecule has 0 aromatic rings. The van der Waals surface area contributed by atoms with Crippen LogP contribution in [0.2, 0.25) is 0 Å². The van der Waals surface area contributed by atoms with Crippen LogP contribution in [0.4, 0.5) is 4.79 Å². The van der Waals surface area contributed by atoms with Gasteiger partial charge in [0, 0.05) is 20.5 Å². The lowest BCUT2D eigenvalue weighted by atomic mass is 9.47. The van der Waals surface area contributed by atoms with Gasteiger partial charge in [-0.1, -0.05) is 65.5 Å². The van der Waals surface area contributed by atoms with Crippen molar-refractivity contribution in [2.75, 3.05) is 14.1 Å². The molecule has 3 heteroatoms. The monoisotopic (exact) mass is 457 g/mol. The molecule has 4 rings (SSSR count). The minimum Gasteiger partial charge on any atom is -0.446 e. The maximum Gasteiger partial charge on any atom is 0.409 e. The Balaban J connectivity index is 1.45. The highest BCUT2D eigenvalue weighted by atomic mass is 16.6. The number of allylic oxidation sites excluding steroid dienone is 1. The standard InChI is InChI=1S/C30H51NO2/c1-20(2)9-8-10-21(3)25-13-14-26-24-12-11-22-19-23(33-28(32)31(6)7)15-17-29(22,4)27(24)16-18-30(25,26)5/h11,20-21,23-27H,8-10,12-19H2,1-7H3. The first-order valence-corrected chi connectivity index (χ1v) is 14.1. The van der Waals surface area contributed by atoms with E-state index in [1.807, 2.05) is 0 Å². The van der Waals surface area contributed by atoms with Crippen molar-refractivity contribution in [1.82, 2.24) is 4.90 Å². The topological polar surface area (TPSA) is 29.5 Å². The number of nitrogens with zero attached hydrogens (tertiary/aromatic N) is 1. The molecule has 1 amide bonds. The van der Waals surface area contributed by atoms with Gasteiger partial charge in [-0.15, -0.1) is 0 Å². The summed E-state index contributed by atoms with van der Waals surface area (Å²) in [5.41, 5.74) is 2.48. The Labute approximate surface area is 204 Å². The molecule has 33 heavy (non-hydrogen) atoms. The molecular weight excluding hydrogens is 406 g/mol. The van der Waals surface area contributed by atoms with Crippen molar-refractivity contribution in [2.45, 2.75) is 111 Å². The smallest absolute Gasteiger partial charge is 0.409 e. The van der Waals surface area contributed by atoms with Gasteiger partial charge >= 0.3 is 6.09 Å². The van der Waals surface area contributed by atoms with Gasteiger partial charge in [0.25, 0.3) is 0 Å². The molecular formula is C30H51NO2. The summed E-state index contributed by atoms with van der Waals surface area (Å²) in [5, 5.41) is 0. The molecule has 0 aromatic heterocycles. The highest BCUT2D eigenvalue weighted by Gasteiger charge is 2.59. The molecule has 4 aliphatic rings. The number of amides is 1. The number of fused-ring (bicyclic) bond motifs is 5. The third-order valence-electron chi connectivity index (χ3n) is 10.9. The Hall–Kier alpha value is -0.990. The molecule has 3 nitrogen and oxygen atoms in total. The van der Waals surface area contributed by atoms with E-state index in [0.717, 1.165) is 48.3 Å². The minimum atomic E-state index is -0.189. The second-order valence-corrected chi connectivity index (χ2v) is 13.4. The van der Waals surface area contributed by atoms with E-state index in [1.165, 1.54) is 57.8 Å². The number of carbonyl (C=O) groups is 1. The van der Waals surface area contributed by atoms with Crippen molar-refractivity contribution in [3.05, 3.63) is 11.6 Å². The molecule has 3 saturated carbocycles. The Morgan fingerprint density at radius 3 is 2.52 bits per heavy atom. The predicted molar refractivity (Wildman–Crippen MR) is 137 cm³/mol. The van der Waals surface area contributed by atoms with Gasteiger partial charge < -0.3 is 9.64 Å². The van der Waals surface area contributed by atoms with E-state index >= 15 is 0 Å². The van der Waals surface area contributed by atoms with E-state index in [4.69, 9.17) is 4.74 Å². The van der Waals surface area contributed by atoms with Gasteiger partial charge in [0.1, 0.15) is 6.10 Å². The molecule has 0 saturated heterocycles. The second-order valence-electron chi connectivity index (χ2n) is 13.4. The van der Waals surface area contributed by atoms with Crippen molar-refractivity contribution < 1.29 is 9.53 Å². The zero-order valence-electron chi connectivity index (χ0n) is 22.7. The molecule has 4 aliphatic carbocycles. The number of ether oxygens (including phenoxy) is 1. The molecule has 0 aliphatic heterocycles. The summed E-state index contributed by atoms with van der Waals surface area (Å²) < 4.78 is 5.80. The molecule has 0 bridgehead atoms. The van der Waals surface area contributed by atoms with Crippen LogP contribution in [0.1, 0.15) is 105 Å². The van der Waals surface area contributed by atoms with E-state index in [-0.39, 0.29) is 12.2 Å². The molecule has 3 fully saturated rings. The lowest BCUT2D eigenvalue weighted by Gasteiger charge is -2.58. The zero-order valence-corrected chi connectivity index (χ0v) is 22.7. The maximum atomic E-state index is 12.1. The molecule has 0 radical (unpaired) electrons. The molecule has 0 spiro atoms. The lowest BCUT2D eigenvalue weighted by Crippen LogP contribution is -2.51. The van der Waals surface area contributed by atoms with Crippen LogP contribution in [0.15, 0.2) is 11.6 Å². The average Bonchev–Trinajstić information content (AvgIpc) is 3.11. The van der Waals surface area contributed by atoms with E-state index in [0.29, 0.717) is 10.8 Å². The van der Waals surface area contributed by atoms with Crippen LogP contribution in [0.3, 0.4) is 0 Å². The summed E-state index contributed by atoms with van der Waals surface area (Å²) in [7, 11) is 3.55. The number of carbonyl (C=O) groups excluding carboxylic acids is 1. The van der Waals surface area contributed by atoms with Gasteiger partial charge in [-0.3, -0.25) is 0 Å². The highest BCUT2D eigenvalue weighted by molar-refractivity contribution is 5.67. The fourth-order valence-electron chi connectivity index (χ4n) is 9.00. The highest BCUT2D eigenvalue weighted by Crippen LogP contribution is 2.67. The van der Waals surface area contributed by atoms with Crippen molar-refractivity contribution in [3.8, 4) is 0 Å². The van der Waals surface area contributed by atoms with Crippen LogP contribution in [0, 0.1) is 46.3 Å². The first-order chi connectivity index (χ1) is 15.6. The quantitative estimate of drug-likeness (QED) is 0.377. The van der Waals surface area contributed by atoms with Gasteiger partial charge in [0.15, 0.2) is 0 Å². The van der Waals surface area contributed by atoms with E-state index in [9.17, 15) is 4.79 Å². The molecule has 0 aromatic carbocycles.